The molecule has 0 saturated carbocycles. The van der Waals surface area contributed by atoms with Crippen molar-refractivity contribution < 1.29 is 14.3 Å². The first-order valence-electron chi connectivity index (χ1n) is 13.2. The summed E-state index contributed by atoms with van der Waals surface area (Å²) in [4.78, 5) is 35.2. The number of halogens is 1. The van der Waals surface area contributed by atoms with Crippen LogP contribution in [0.2, 0.25) is 5.02 Å². The van der Waals surface area contributed by atoms with Gasteiger partial charge in [0.05, 0.1) is 40.3 Å². The predicted octanol–water partition coefficient (Wildman–Crippen LogP) is 6.69. The predicted molar refractivity (Wildman–Crippen MR) is 152 cm³/mol. The number of amides is 2. The molecule has 4 aromatic rings. The molecule has 6 heteroatoms. The molecule has 2 amide bonds. The molecule has 0 spiro atoms. The zero-order valence-electron chi connectivity index (χ0n) is 21.3. The Kier molecular flexibility index (Phi) is 5.46. The number of carbonyl (C=O) groups excluding carboxylic acids is 2. The largest absolute Gasteiger partial charge is 0.492 e. The summed E-state index contributed by atoms with van der Waals surface area (Å²) in [6, 6.07) is 30.9. The summed E-state index contributed by atoms with van der Waals surface area (Å²) < 4.78 is 5.85. The highest BCUT2D eigenvalue weighted by atomic mass is 35.5. The number of imide groups is 1. The first kappa shape index (κ1) is 23.9. The molecule has 0 radical (unpaired) electrons. The van der Waals surface area contributed by atoms with Crippen LogP contribution < -0.4 is 9.64 Å². The lowest BCUT2D eigenvalue weighted by Gasteiger charge is -2.52. The fourth-order valence-electron chi connectivity index (χ4n) is 6.93. The molecule has 2 bridgehead atoms. The van der Waals surface area contributed by atoms with Crippen LogP contribution >= 0.6 is 11.6 Å². The van der Waals surface area contributed by atoms with Crippen LogP contribution in [0.15, 0.2) is 102 Å². The standard InChI is InChI=1S/C33H25ClN2O3/c1-2-39-27-18-10-9-17-26(27)36-31(37)29-28-20-11-3-5-13-22(20)33(30(29)32(36)38,23-14-6-4-12-21(23)28)19-35-25-16-8-7-15-24(25)34/h3-19,28-30H,2H2,1H3. The first-order chi connectivity index (χ1) is 19.1. The summed E-state index contributed by atoms with van der Waals surface area (Å²) in [7, 11) is 0. The maximum absolute atomic E-state index is 14.6. The van der Waals surface area contributed by atoms with Gasteiger partial charge >= 0.3 is 0 Å². The van der Waals surface area contributed by atoms with E-state index in [1.165, 1.54) is 4.90 Å². The zero-order valence-corrected chi connectivity index (χ0v) is 22.0. The third-order valence-corrected chi connectivity index (χ3v) is 8.67. The molecule has 1 saturated heterocycles. The van der Waals surface area contributed by atoms with E-state index in [1.54, 1.807) is 18.2 Å². The highest BCUT2D eigenvalue weighted by Crippen LogP contribution is 2.64. The number of rotatable bonds is 5. The van der Waals surface area contributed by atoms with Crippen molar-refractivity contribution in [2.45, 2.75) is 18.3 Å². The monoisotopic (exact) mass is 532 g/mol. The van der Waals surface area contributed by atoms with Gasteiger partial charge in [0, 0.05) is 12.1 Å². The van der Waals surface area contributed by atoms with Crippen molar-refractivity contribution in [1.29, 1.82) is 0 Å². The molecule has 2 atom stereocenters. The van der Waals surface area contributed by atoms with E-state index in [2.05, 4.69) is 24.3 Å². The first-order valence-corrected chi connectivity index (χ1v) is 13.5. The Balaban J connectivity index is 1.50. The highest BCUT2D eigenvalue weighted by Gasteiger charge is 2.68. The summed E-state index contributed by atoms with van der Waals surface area (Å²) >= 11 is 6.50. The number of para-hydroxylation sites is 3. The molecule has 0 aromatic heterocycles. The molecule has 1 heterocycles. The van der Waals surface area contributed by atoms with Crippen LogP contribution in [-0.4, -0.2) is 24.6 Å². The number of anilines is 1. The van der Waals surface area contributed by atoms with Gasteiger partial charge in [-0.3, -0.25) is 14.6 Å². The van der Waals surface area contributed by atoms with Crippen LogP contribution in [0.3, 0.4) is 0 Å². The normalized spacial score (nSPS) is 24.6. The quantitative estimate of drug-likeness (QED) is 0.212. The van der Waals surface area contributed by atoms with E-state index >= 15 is 0 Å². The number of hydrogen-bond acceptors (Lipinski definition) is 4. The zero-order chi connectivity index (χ0) is 26.7. The van der Waals surface area contributed by atoms with Gasteiger partial charge in [0.1, 0.15) is 5.75 Å². The molecule has 192 valence electrons. The molecular formula is C33H25ClN2O3. The lowest BCUT2D eigenvalue weighted by Crippen LogP contribution is -2.54. The second kappa shape index (κ2) is 8.92. The lowest BCUT2D eigenvalue weighted by atomic mass is 9.47. The maximum Gasteiger partial charge on any atom is 0.239 e. The molecule has 4 aromatic carbocycles. The van der Waals surface area contributed by atoms with E-state index < -0.39 is 17.3 Å². The Hall–Kier alpha value is -4.22. The molecule has 8 rings (SSSR count). The summed E-state index contributed by atoms with van der Waals surface area (Å²) in [5, 5.41) is 0.522. The van der Waals surface area contributed by atoms with Crippen molar-refractivity contribution in [2.24, 2.45) is 16.8 Å². The molecule has 2 unspecified atom stereocenters. The van der Waals surface area contributed by atoms with Crippen LogP contribution in [0, 0.1) is 11.8 Å². The van der Waals surface area contributed by atoms with Gasteiger partial charge in [0.25, 0.3) is 0 Å². The van der Waals surface area contributed by atoms with Gasteiger partial charge in [0.15, 0.2) is 0 Å². The summed E-state index contributed by atoms with van der Waals surface area (Å²) in [6.07, 6.45) is 1.86. The minimum absolute atomic E-state index is 0.207. The molecule has 5 nitrogen and oxygen atoms in total. The molecule has 1 aliphatic heterocycles. The van der Waals surface area contributed by atoms with E-state index in [0.717, 1.165) is 22.3 Å². The second-order valence-electron chi connectivity index (χ2n) is 10.1. The third-order valence-electron chi connectivity index (χ3n) is 8.35. The number of carbonyl (C=O) groups is 2. The smallest absolute Gasteiger partial charge is 0.239 e. The average molecular weight is 533 g/mol. The van der Waals surface area contributed by atoms with Crippen molar-refractivity contribution in [3.63, 3.8) is 0 Å². The van der Waals surface area contributed by atoms with E-state index in [4.69, 9.17) is 21.3 Å². The minimum Gasteiger partial charge on any atom is -0.492 e. The summed E-state index contributed by atoms with van der Waals surface area (Å²) in [6.45, 7) is 2.31. The van der Waals surface area contributed by atoms with Crippen LogP contribution in [0.1, 0.15) is 35.1 Å². The van der Waals surface area contributed by atoms with Crippen molar-refractivity contribution in [3.8, 4) is 5.75 Å². The van der Waals surface area contributed by atoms with Gasteiger partial charge in [-0.2, -0.15) is 0 Å². The summed E-state index contributed by atoms with van der Waals surface area (Å²) in [5.74, 6) is -1.41. The van der Waals surface area contributed by atoms with Gasteiger partial charge in [-0.05, 0) is 53.4 Å². The Morgan fingerprint density at radius 2 is 1.46 bits per heavy atom. The average Bonchev–Trinajstić information content (AvgIpc) is 3.24. The molecule has 4 aliphatic rings. The van der Waals surface area contributed by atoms with E-state index in [1.807, 2.05) is 67.7 Å². The van der Waals surface area contributed by atoms with E-state index in [-0.39, 0.29) is 17.7 Å². The molecule has 39 heavy (non-hydrogen) atoms. The van der Waals surface area contributed by atoms with Crippen molar-refractivity contribution in [1.82, 2.24) is 0 Å². The second-order valence-corrected chi connectivity index (χ2v) is 10.6. The Bertz CT molecular complexity index is 1630. The Labute approximate surface area is 231 Å². The lowest BCUT2D eigenvalue weighted by molar-refractivity contribution is -0.122. The molecule has 0 N–H and O–H groups in total. The molecule has 1 fully saturated rings. The fourth-order valence-corrected chi connectivity index (χ4v) is 7.12. The Morgan fingerprint density at radius 1 is 0.846 bits per heavy atom. The number of nitrogens with zero attached hydrogens (tertiary/aromatic N) is 2. The van der Waals surface area contributed by atoms with Gasteiger partial charge < -0.3 is 4.74 Å². The van der Waals surface area contributed by atoms with Crippen LogP contribution in [-0.2, 0) is 15.0 Å². The van der Waals surface area contributed by atoms with Crippen molar-refractivity contribution in [3.05, 3.63) is 124 Å². The summed E-state index contributed by atoms with van der Waals surface area (Å²) in [5.41, 5.74) is 4.28. The third kappa shape index (κ3) is 3.23. The topological polar surface area (TPSA) is 59.0 Å². The van der Waals surface area contributed by atoms with Crippen molar-refractivity contribution >= 4 is 41.0 Å². The maximum atomic E-state index is 14.6. The van der Waals surface area contributed by atoms with Gasteiger partial charge in [-0.1, -0.05) is 84.4 Å². The molecule has 3 aliphatic carbocycles. The van der Waals surface area contributed by atoms with Crippen LogP contribution in [0.4, 0.5) is 11.4 Å². The molecular weight excluding hydrogens is 508 g/mol. The van der Waals surface area contributed by atoms with Crippen LogP contribution in [0.25, 0.3) is 0 Å². The highest BCUT2D eigenvalue weighted by molar-refractivity contribution is 6.33. The number of aliphatic imine (C=N–C) groups is 1. The fraction of sp³-hybridized carbons (Fsp3) is 0.182. The number of benzene rings is 4. The SMILES string of the molecule is CCOc1ccccc1N1C(=O)C2C3c4ccccc4C(C=Nc4ccccc4Cl)(c4ccccc43)C2C1=O. The van der Waals surface area contributed by atoms with Crippen LogP contribution in [0.5, 0.6) is 5.75 Å². The Morgan fingerprint density at radius 3 is 2.15 bits per heavy atom. The van der Waals surface area contributed by atoms with Gasteiger partial charge in [-0.15, -0.1) is 0 Å². The number of hydrogen-bond donors (Lipinski definition) is 0. The van der Waals surface area contributed by atoms with E-state index in [9.17, 15) is 9.59 Å². The van der Waals surface area contributed by atoms with Gasteiger partial charge in [-0.25, -0.2) is 4.90 Å². The minimum atomic E-state index is -0.951. The number of ether oxygens (including phenoxy) is 1. The van der Waals surface area contributed by atoms with E-state index in [0.29, 0.717) is 28.8 Å². The van der Waals surface area contributed by atoms with Gasteiger partial charge in [0.2, 0.25) is 11.8 Å². The van der Waals surface area contributed by atoms with Crippen molar-refractivity contribution in [2.75, 3.05) is 11.5 Å².